The molecule has 4 heteroatoms. The van der Waals surface area contributed by atoms with Crippen LogP contribution >= 0.6 is 0 Å². The van der Waals surface area contributed by atoms with Crippen LogP contribution in [0.25, 0.3) is 0 Å². The van der Waals surface area contributed by atoms with Crippen LogP contribution in [-0.4, -0.2) is 64.2 Å². The van der Waals surface area contributed by atoms with Crippen molar-refractivity contribution in [2.45, 2.75) is 19.1 Å². The van der Waals surface area contributed by atoms with Gasteiger partial charge in [0.1, 0.15) is 0 Å². The molecule has 1 saturated heterocycles. The SMILES string of the molecule is CCN1CC(COC)OC(COC)C1. The van der Waals surface area contributed by atoms with E-state index in [2.05, 4.69) is 11.8 Å². The fourth-order valence-electron chi connectivity index (χ4n) is 1.82. The number of ether oxygens (including phenoxy) is 3. The maximum absolute atomic E-state index is 5.81. The Morgan fingerprint density at radius 1 is 1.14 bits per heavy atom. The van der Waals surface area contributed by atoms with E-state index in [-0.39, 0.29) is 12.2 Å². The Hall–Kier alpha value is -0.160. The number of hydrogen-bond donors (Lipinski definition) is 0. The third kappa shape index (κ3) is 3.53. The van der Waals surface area contributed by atoms with Gasteiger partial charge in [-0.05, 0) is 6.54 Å². The zero-order chi connectivity index (χ0) is 10.4. The van der Waals surface area contributed by atoms with Crippen molar-refractivity contribution in [2.75, 3.05) is 47.1 Å². The molecule has 0 aromatic heterocycles. The summed E-state index contributed by atoms with van der Waals surface area (Å²) in [7, 11) is 3.42. The quantitative estimate of drug-likeness (QED) is 0.646. The molecular weight excluding hydrogens is 182 g/mol. The highest BCUT2D eigenvalue weighted by atomic mass is 16.6. The summed E-state index contributed by atoms with van der Waals surface area (Å²) in [5, 5.41) is 0. The van der Waals surface area contributed by atoms with E-state index in [1.54, 1.807) is 14.2 Å². The third-order valence-corrected chi connectivity index (χ3v) is 2.46. The lowest BCUT2D eigenvalue weighted by Crippen LogP contribution is -2.50. The molecule has 0 spiro atoms. The number of nitrogens with zero attached hydrogens (tertiary/aromatic N) is 1. The Bertz CT molecular complexity index is 140. The van der Waals surface area contributed by atoms with Gasteiger partial charge in [-0.3, -0.25) is 4.90 Å². The van der Waals surface area contributed by atoms with Crippen LogP contribution in [0.2, 0.25) is 0 Å². The minimum Gasteiger partial charge on any atom is -0.382 e. The lowest BCUT2D eigenvalue weighted by atomic mass is 10.2. The maximum atomic E-state index is 5.81. The average Bonchev–Trinajstić information content (AvgIpc) is 2.18. The second-order valence-electron chi connectivity index (χ2n) is 3.64. The normalized spacial score (nSPS) is 29.4. The number of morpholine rings is 1. The van der Waals surface area contributed by atoms with E-state index in [0.29, 0.717) is 13.2 Å². The van der Waals surface area contributed by atoms with E-state index in [1.807, 2.05) is 0 Å². The molecule has 0 aliphatic carbocycles. The second-order valence-corrected chi connectivity index (χ2v) is 3.64. The van der Waals surface area contributed by atoms with Crippen LogP contribution < -0.4 is 0 Å². The predicted molar refractivity (Wildman–Crippen MR) is 54.5 cm³/mol. The lowest BCUT2D eigenvalue weighted by Gasteiger charge is -2.37. The van der Waals surface area contributed by atoms with Crippen molar-refractivity contribution in [1.82, 2.24) is 4.90 Å². The molecule has 2 unspecified atom stereocenters. The van der Waals surface area contributed by atoms with E-state index in [9.17, 15) is 0 Å². The van der Waals surface area contributed by atoms with Gasteiger partial charge in [0.2, 0.25) is 0 Å². The smallest absolute Gasteiger partial charge is 0.0940 e. The van der Waals surface area contributed by atoms with Gasteiger partial charge in [0.15, 0.2) is 0 Å². The molecular formula is C10H21NO3. The zero-order valence-electron chi connectivity index (χ0n) is 9.36. The summed E-state index contributed by atoms with van der Waals surface area (Å²) < 4.78 is 16.0. The van der Waals surface area contributed by atoms with Crippen LogP contribution in [0.3, 0.4) is 0 Å². The van der Waals surface area contributed by atoms with Crippen molar-refractivity contribution in [3.05, 3.63) is 0 Å². The first-order valence-electron chi connectivity index (χ1n) is 5.15. The van der Waals surface area contributed by atoms with Gasteiger partial charge in [-0.15, -0.1) is 0 Å². The Labute approximate surface area is 86.1 Å². The highest BCUT2D eigenvalue weighted by Crippen LogP contribution is 2.11. The van der Waals surface area contributed by atoms with Crippen LogP contribution in [0.4, 0.5) is 0 Å². The molecule has 0 saturated carbocycles. The van der Waals surface area contributed by atoms with E-state index in [1.165, 1.54) is 0 Å². The van der Waals surface area contributed by atoms with Gasteiger partial charge in [-0.2, -0.15) is 0 Å². The Morgan fingerprint density at radius 2 is 1.64 bits per heavy atom. The van der Waals surface area contributed by atoms with Gasteiger partial charge >= 0.3 is 0 Å². The molecule has 1 fully saturated rings. The van der Waals surface area contributed by atoms with Crippen LogP contribution in [0, 0.1) is 0 Å². The van der Waals surface area contributed by atoms with Crippen LogP contribution in [-0.2, 0) is 14.2 Å². The maximum Gasteiger partial charge on any atom is 0.0940 e. The standard InChI is InChI=1S/C10H21NO3/c1-4-11-5-9(7-12-2)14-10(6-11)8-13-3/h9-10H,4-8H2,1-3H3. The number of hydrogen-bond acceptors (Lipinski definition) is 4. The van der Waals surface area contributed by atoms with Crippen LogP contribution in [0.15, 0.2) is 0 Å². The number of rotatable bonds is 5. The summed E-state index contributed by atoms with van der Waals surface area (Å²) >= 11 is 0. The Kier molecular flexibility index (Phi) is 5.40. The minimum absolute atomic E-state index is 0.189. The van der Waals surface area contributed by atoms with Gasteiger partial charge in [0.05, 0.1) is 25.4 Å². The number of methoxy groups -OCH3 is 2. The van der Waals surface area contributed by atoms with Crippen molar-refractivity contribution < 1.29 is 14.2 Å². The lowest BCUT2D eigenvalue weighted by molar-refractivity contribution is -0.125. The van der Waals surface area contributed by atoms with Gasteiger partial charge in [-0.25, -0.2) is 0 Å². The molecule has 84 valence electrons. The van der Waals surface area contributed by atoms with E-state index in [4.69, 9.17) is 14.2 Å². The molecule has 2 atom stereocenters. The van der Waals surface area contributed by atoms with Gasteiger partial charge in [-0.1, -0.05) is 6.92 Å². The van der Waals surface area contributed by atoms with Gasteiger partial charge in [0, 0.05) is 27.3 Å². The summed E-state index contributed by atoms with van der Waals surface area (Å²) in [6, 6.07) is 0. The molecule has 0 aromatic rings. The Morgan fingerprint density at radius 3 is 2.00 bits per heavy atom. The largest absolute Gasteiger partial charge is 0.382 e. The summed E-state index contributed by atoms with van der Waals surface area (Å²) in [5.74, 6) is 0. The van der Waals surface area contributed by atoms with E-state index in [0.717, 1.165) is 19.6 Å². The third-order valence-electron chi connectivity index (χ3n) is 2.46. The molecule has 0 amide bonds. The first kappa shape index (κ1) is 11.9. The molecule has 1 heterocycles. The molecule has 14 heavy (non-hydrogen) atoms. The summed E-state index contributed by atoms with van der Waals surface area (Å²) in [6.07, 6.45) is 0.377. The predicted octanol–water partition coefficient (Wildman–Crippen LogP) is 0.369. The summed E-state index contributed by atoms with van der Waals surface area (Å²) in [6.45, 7) is 6.48. The monoisotopic (exact) mass is 203 g/mol. The van der Waals surface area contributed by atoms with Crippen LogP contribution in [0.5, 0.6) is 0 Å². The van der Waals surface area contributed by atoms with Crippen LogP contribution in [0.1, 0.15) is 6.92 Å². The van der Waals surface area contributed by atoms with Crippen molar-refractivity contribution in [1.29, 1.82) is 0 Å². The zero-order valence-corrected chi connectivity index (χ0v) is 9.36. The molecule has 4 nitrogen and oxygen atoms in total. The van der Waals surface area contributed by atoms with Crippen molar-refractivity contribution >= 4 is 0 Å². The van der Waals surface area contributed by atoms with Gasteiger partial charge < -0.3 is 14.2 Å². The highest BCUT2D eigenvalue weighted by Gasteiger charge is 2.26. The fraction of sp³-hybridized carbons (Fsp3) is 1.00. The molecule has 0 aromatic carbocycles. The number of likely N-dealkylation sites (N-methyl/N-ethyl adjacent to an activating group) is 1. The minimum atomic E-state index is 0.189. The van der Waals surface area contributed by atoms with Gasteiger partial charge in [0.25, 0.3) is 0 Å². The molecule has 0 N–H and O–H groups in total. The summed E-state index contributed by atoms with van der Waals surface area (Å²) in [5.41, 5.74) is 0. The first-order valence-corrected chi connectivity index (χ1v) is 5.15. The summed E-state index contributed by atoms with van der Waals surface area (Å²) in [4.78, 5) is 2.37. The fourth-order valence-corrected chi connectivity index (χ4v) is 1.82. The van der Waals surface area contributed by atoms with Crippen molar-refractivity contribution in [3.8, 4) is 0 Å². The molecule has 0 bridgehead atoms. The van der Waals surface area contributed by atoms with Crippen molar-refractivity contribution in [2.24, 2.45) is 0 Å². The molecule has 1 rings (SSSR count). The molecule has 1 aliphatic rings. The van der Waals surface area contributed by atoms with E-state index >= 15 is 0 Å². The first-order chi connectivity index (χ1) is 6.80. The average molecular weight is 203 g/mol. The topological polar surface area (TPSA) is 30.9 Å². The molecule has 1 aliphatic heterocycles. The second kappa shape index (κ2) is 6.35. The Balaban J connectivity index is 2.39. The van der Waals surface area contributed by atoms with E-state index < -0.39 is 0 Å². The van der Waals surface area contributed by atoms with Crippen molar-refractivity contribution in [3.63, 3.8) is 0 Å². The highest BCUT2D eigenvalue weighted by molar-refractivity contribution is 4.76. The molecule has 0 radical (unpaired) electrons.